The van der Waals surface area contributed by atoms with Crippen molar-refractivity contribution >= 4 is 11.7 Å². The van der Waals surface area contributed by atoms with E-state index >= 15 is 0 Å². The number of amides is 1. The molecule has 1 amide bonds. The van der Waals surface area contributed by atoms with Crippen molar-refractivity contribution in [2.45, 2.75) is 52.0 Å². The normalized spacial score (nSPS) is 22.3. The molecule has 1 fully saturated rings. The molecular weight excluding hydrogens is 294 g/mol. The quantitative estimate of drug-likeness (QED) is 0.836. The number of ketones is 1. The molecule has 1 aliphatic rings. The Morgan fingerprint density at radius 2 is 2.04 bits per heavy atom. The summed E-state index contributed by atoms with van der Waals surface area (Å²) in [6.45, 7) is 6.30. The Morgan fingerprint density at radius 1 is 1.35 bits per heavy atom. The van der Waals surface area contributed by atoms with Crippen molar-refractivity contribution < 1.29 is 19.1 Å². The molecule has 1 aromatic rings. The van der Waals surface area contributed by atoms with Crippen molar-refractivity contribution in [3.05, 3.63) is 35.9 Å². The Hall–Kier alpha value is -1.72. The number of Topliss-reactive ketones (excluding diaryl/α,β-unsaturated/α-hetero) is 1. The minimum atomic E-state index is -0.573. The zero-order valence-electron chi connectivity index (χ0n) is 14.0. The van der Waals surface area contributed by atoms with Gasteiger partial charge in [-0.1, -0.05) is 44.2 Å². The van der Waals surface area contributed by atoms with Crippen molar-refractivity contribution in [2.75, 3.05) is 6.61 Å². The van der Waals surface area contributed by atoms with Crippen molar-refractivity contribution in [1.29, 1.82) is 0 Å². The van der Waals surface area contributed by atoms with Gasteiger partial charge in [0.1, 0.15) is 18.8 Å². The van der Waals surface area contributed by atoms with Gasteiger partial charge in [0.25, 0.3) is 0 Å². The van der Waals surface area contributed by atoms with Crippen LogP contribution in [0, 0.1) is 5.92 Å². The molecule has 1 aliphatic heterocycles. The van der Waals surface area contributed by atoms with Crippen molar-refractivity contribution in [3.8, 4) is 0 Å². The standard InChI is InChI=1S/C18H25NO4/c1-12(2)9-16(23-10-14-7-5-4-6-8-14)18(21)19-17-13(3)22-11-15(17)20/h4-8,12-13,16-17H,9-11H2,1-3H3,(H,19,21)/t13-,16+,17+/m1/s1. The lowest BCUT2D eigenvalue weighted by Crippen LogP contribution is -2.48. The number of carbonyl (C=O) groups is 2. The van der Waals surface area contributed by atoms with Gasteiger partial charge in [-0.15, -0.1) is 0 Å². The molecular formula is C18H25NO4. The van der Waals surface area contributed by atoms with Crippen molar-refractivity contribution in [1.82, 2.24) is 5.32 Å². The van der Waals surface area contributed by atoms with Crippen LogP contribution in [0.5, 0.6) is 0 Å². The number of ether oxygens (including phenoxy) is 2. The molecule has 2 rings (SSSR count). The van der Waals surface area contributed by atoms with E-state index < -0.39 is 12.1 Å². The van der Waals surface area contributed by atoms with Gasteiger partial charge in [-0.25, -0.2) is 0 Å². The van der Waals surface area contributed by atoms with E-state index in [2.05, 4.69) is 5.32 Å². The molecule has 0 aliphatic carbocycles. The van der Waals surface area contributed by atoms with E-state index in [0.29, 0.717) is 18.9 Å². The van der Waals surface area contributed by atoms with Gasteiger partial charge in [-0.2, -0.15) is 0 Å². The van der Waals surface area contributed by atoms with Gasteiger partial charge >= 0.3 is 0 Å². The molecule has 126 valence electrons. The van der Waals surface area contributed by atoms with E-state index in [1.807, 2.05) is 44.2 Å². The highest BCUT2D eigenvalue weighted by Crippen LogP contribution is 2.14. The Kier molecular flexibility index (Phi) is 6.30. The third kappa shape index (κ3) is 5.15. The van der Waals surface area contributed by atoms with E-state index in [1.54, 1.807) is 6.92 Å². The maximum Gasteiger partial charge on any atom is 0.249 e. The lowest BCUT2D eigenvalue weighted by molar-refractivity contribution is -0.137. The second-order valence-corrected chi connectivity index (χ2v) is 6.38. The monoisotopic (exact) mass is 319 g/mol. The van der Waals surface area contributed by atoms with Gasteiger partial charge in [-0.3, -0.25) is 9.59 Å². The fourth-order valence-corrected chi connectivity index (χ4v) is 2.56. The molecule has 1 saturated heterocycles. The third-order valence-corrected chi connectivity index (χ3v) is 3.87. The highest BCUT2D eigenvalue weighted by molar-refractivity contribution is 5.92. The predicted molar refractivity (Wildman–Crippen MR) is 86.8 cm³/mol. The first-order valence-electron chi connectivity index (χ1n) is 8.07. The minimum Gasteiger partial charge on any atom is -0.368 e. The minimum absolute atomic E-state index is 0.0613. The van der Waals surface area contributed by atoms with Crippen LogP contribution in [-0.2, 0) is 25.7 Å². The zero-order chi connectivity index (χ0) is 16.8. The highest BCUT2D eigenvalue weighted by Gasteiger charge is 2.35. The van der Waals surface area contributed by atoms with Crippen LogP contribution in [0.4, 0.5) is 0 Å². The Labute approximate surface area is 137 Å². The maximum absolute atomic E-state index is 12.5. The lowest BCUT2D eigenvalue weighted by Gasteiger charge is -2.22. The van der Waals surface area contributed by atoms with Crippen LogP contribution in [0.2, 0.25) is 0 Å². The van der Waals surface area contributed by atoms with Gasteiger partial charge < -0.3 is 14.8 Å². The third-order valence-electron chi connectivity index (χ3n) is 3.87. The fraction of sp³-hybridized carbons (Fsp3) is 0.556. The summed E-state index contributed by atoms with van der Waals surface area (Å²) >= 11 is 0. The Balaban J connectivity index is 1.96. The SMILES string of the molecule is CC(C)C[C@H](OCc1ccccc1)C(=O)N[C@@H]1C(=O)CO[C@@H]1C. The number of rotatable bonds is 7. The molecule has 0 bridgehead atoms. The number of benzene rings is 1. The molecule has 3 atom stereocenters. The van der Waals surface area contributed by atoms with Crippen LogP contribution >= 0.6 is 0 Å². The summed E-state index contributed by atoms with van der Waals surface area (Å²) in [5.41, 5.74) is 1.02. The van der Waals surface area contributed by atoms with Crippen LogP contribution in [-0.4, -0.2) is 36.5 Å². The van der Waals surface area contributed by atoms with Gasteiger partial charge in [0.15, 0.2) is 5.78 Å². The first-order chi connectivity index (χ1) is 11.0. The fourth-order valence-electron chi connectivity index (χ4n) is 2.56. The van der Waals surface area contributed by atoms with Gasteiger partial charge in [0.2, 0.25) is 5.91 Å². The number of carbonyl (C=O) groups excluding carboxylic acids is 2. The Bertz CT molecular complexity index is 529. The smallest absolute Gasteiger partial charge is 0.249 e. The summed E-state index contributed by atoms with van der Waals surface area (Å²) in [4.78, 5) is 24.3. The van der Waals surface area contributed by atoms with E-state index in [-0.39, 0.29) is 24.4 Å². The van der Waals surface area contributed by atoms with Crippen molar-refractivity contribution in [2.24, 2.45) is 5.92 Å². The summed E-state index contributed by atoms with van der Waals surface area (Å²) < 4.78 is 11.1. The summed E-state index contributed by atoms with van der Waals surface area (Å²) in [7, 11) is 0. The van der Waals surface area contributed by atoms with Crippen molar-refractivity contribution in [3.63, 3.8) is 0 Å². The molecule has 23 heavy (non-hydrogen) atoms. The zero-order valence-corrected chi connectivity index (χ0v) is 14.0. The van der Waals surface area contributed by atoms with E-state index in [1.165, 1.54) is 0 Å². The van der Waals surface area contributed by atoms with E-state index in [4.69, 9.17) is 9.47 Å². The number of hydrogen-bond acceptors (Lipinski definition) is 4. The average Bonchev–Trinajstić information content (AvgIpc) is 2.84. The van der Waals surface area contributed by atoms with E-state index in [9.17, 15) is 9.59 Å². The molecule has 1 aromatic carbocycles. The predicted octanol–water partition coefficient (Wildman–Crippen LogP) is 2.09. The molecule has 0 aromatic heterocycles. The Morgan fingerprint density at radius 3 is 2.61 bits per heavy atom. The summed E-state index contributed by atoms with van der Waals surface area (Å²) in [6.07, 6.45) is -0.259. The summed E-state index contributed by atoms with van der Waals surface area (Å²) in [5.74, 6) is -0.0167. The lowest BCUT2D eigenvalue weighted by atomic mass is 10.0. The van der Waals surface area contributed by atoms with E-state index in [0.717, 1.165) is 5.56 Å². The highest BCUT2D eigenvalue weighted by atomic mass is 16.5. The van der Waals surface area contributed by atoms with Gasteiger partial charge in [-0.05, 0) is 24.8 Å². The van der Waals surface area contributed by atoms with Crippen LogP contribution in [0.25, 0.3) is 0 Å². The topological polar surface area (TPSA) is 64.6 Å². The largest absolute Gasteiger partial charge is 0.368 e. The molecule has 1 N–H and O–H groups in total. The van der Waals surface area contributed by atoms with Crippen LogP contribution in [0.15, 0.2) is 30.3 Å². The van der Waals surface area contributed by atoms with Crippen LogP contribution < -0.4 is 5.32 Å². The maximum atomic E-state index is 12.5. The number of nitrogens with one attached hydrogen (secondary N) is 1. The summed E-state index contributed by atoms with van der Waals surface area (Å²) in [5, 5.41) is 2.78. The molecule has 5 heteroatoms. The first-order valence-corrected chi connectivity index (χ1v) is 8.07. The summed E-state index contributed by atoms with van der Waals surface area (Å²) in [6, 6.07) is 9.16. The molecule has 5 nitrogen and oxygen atoms in total. The number of hydrogen-bond donors (Lipinski definition) is 1. The van der Waals surface area contributed by atoms with Gasteiger partial charge in [0, 0.05) is 0 Å². The average molecular weight is 319 g/mol. The molecule has 0 unspecified atom stereocenters. The van der Waals surface area contributed by atoms with Crippen LogP contribution in [0.3, 0.4) is 0 Å². The van der Waals surface area contributed by atoms with Crippen LogP contribution in [0.1, 0.15) is 32.8 Å². The molecule has 0 radical (unpaired) electrons. The second kappa shape index (κ2) is 8.22. The second-order valence-electron chi connectivity index (χ2n) is 6.38. The molecule has 0 saturated carbocycles. The molecule has 0 spiro atoms. The van der Waals surface area contributed by atoms with Gasteiger partial charge in [0.05, 0.1) is 12.7 Å². The molecule has 1 heterocycles. The first kappa shape index (κ1) is 17.6.